The Bertz CT molecular complexity index is 1310. The number of halogens is 1. The number of ether oxygens (including phenoxy) is 4. The van der Waals surface area contributed by atoms with Gasteiger partial charge in [0.15, 0.2) is 5.17 Å². The third-order valence-corrected chi connectivity index (χ3v) is 7.85. The number of carbonyl (C=O) groups excluding carboxylic acids is 1. The molecular weight excluding hydrogens is 606 g/mol. The van der Waals surface area contributed by atoms with Gasteiger partial charge in [-0.05, 0) is 56.0 Å². The smallest absolute Gasteiger partial charge is 0.160 e. The van der Waals surface area contributed by atoms with E-state index in [0.717, 1.165) is 26.5 Å². The summed E-state index contributed by atoms with van der Waals surface area (Å²) in [5.41, 5.74) is 1.73. The van der Waals surface area contributed by atoms with Gasteiger partial charge < -0.3 is 23.8 Å². The summed E-state index contributed by atoms with van der Waals surface area (Å²) in [6.45, 7) is 6.59. The lowest BCUT2D eigenvalue weighted by molar-refractivity contribution is -0.118. The van der Waals surface area contributed by atoms with Gasteiger partial charge in [0.1, 0.15) is 34.3 Å². The minimum atomic E-state index is -0.890. The molecule has 0 spiro atoms. The number of ketones is 1. The average molecular weight is 645 g/mol. The Morgan fingerprint density at radius 1 is 0.927 bits per heavy atom. The summed E-state index contributed by atoms with van der Waals surface area (Å²) in [6.07, 6.45) is 1.93. The zero-order valence-corrected chi connectivity index (χ0v) is 27.1. The number of hydrogen-bond donors (Lipinski definition) is 0. The molecule has 0 aliphatic heterocycles. The van der Waals surface area contributed by atoms with Crippen molar-refractivity contribution in [2.75, 3.05) is 34.2 Å². The van der Waals surface area contributed by atoms with Gasteiger partial charge in [0.05, 0.1) is 34.1 Å². The van der Waals surface area contributed by atoms with Gasteiger partial charge in [0.2, 0.25) is 0 Å². The molecule has 0 bridgehead atoms. The second kappa shape index (κ2) is 15.1. The molecule has 41 heavy (non-hydrogen) atoms. The minimum Gasteiger partial charge on any atom is -0.497 e. The first-order valence-corrected chi connectivity index (χ1v) is 14.9. The van der Waals surface area contributed by atoms with Crippen LogP contribution >= 0.6 is 27.7 Å². The molecule has 0 N–H and O–H groups in total. The molecule has 3 rings (SSSR count). The molecule has 2 aromatic carbocycles. The van der Waals surface area contributed by atoms with E-state index in [1.807, 2.05) is 55.5 Å². The van der Waals surface area contributed by atoms with Crippen molar-refractivity contribution >= 4 is 38.6 Å². The van der Waals surface area contributed by atoms with Crippen LogP contribution in [0.3, 0.4) is 0 Å². The Morgan fingerprint density at radius 3 is 1.93 bits per heavy atom. The summed E-state index contributed by atoms with van der Waals surface area (Å²) in [5, 5.41) is 0.772. The van der Waals surface area contributed by atoms with Crippen LogP contribution in [0.1, 0.15) is 44.0 Å². The van der Waals surface area contributed by atoms with E-state index >= 15 is 0 Å². The van der Waals surface area contributed by atoms with Gasteiger partial charge in [-0.15, -0.1) is 0 Å². The van der Waals surface area contributed by atoms with Crippen molar-refractivity contribution in [1.82, 2.24) is 9.88 Å². The number of rotatable bonds is 13. The van der Waals surface area contributed by atoms with Crippen LogP contribution in [0.2, 0.25) is 0 Å². The fraction of sp³-hybridized carbons (Fsp3) is 0.387. The van der Waals surface area contributed by atoms with Crippen molar-refractivity contribution < 1.29 is 23.7 Å². The number of aromatic nitrogens is 1. The van der Waals surface area contributed by atoms with Crippen molar-refractivity contribution in [2.45, 2.75) is 45.8 Å². The molecule has 1 atom stereocenters. The molecule has 0 fully saturated rings. The van der Waals surface area contributed by atoms with Gasteiger partial charge >= 0.3 is 0 Å². The Morgan fingerprint density at radius 2 is 1.49 bits per heavy atom. The van der Waals surface area contributed by atoms with E-state index in [2.05, 4.69) is 32.7 Å². The van der Waals surface area contributed by atoms with Crippen LogP contribution in [0.5, 0.6) is 23.0 Å². The molecule has 8 nitrogen and oxygen atoms in total. The molecule has 3 aromatic rings. The molecule has 0 aliphatic rings. The average Bonchev–Trinajstić information content (AvgIpc) is 2.96. The normalized spacial score (nSPS) is 12.8. The number of pyridine rings is 1. The summed E-state index contributed by atoms with van der Waals surface area (Å²) >= 11 is 5.17. The second-order valence-electron chi connectivity index (χ2n) is 9.55. The lowest BCUT2D eigenvalue weighted by Gasteiger charge is -2.31. The third-order valence-electron chi connectivity index (χ3n) is 6.46. The predicted octanol–water partition coefficient (Wildman–Crippen LogP) is 6.88. The van der Waals surface area contributed by atoms with Crippen molar-refractivity contribution in [3.05, 3.63) is 76.0 Å². The van der Waals surface area contributed by atoms with Crippen LogP contribution in [0.4, 0.5) is 0 Å². The molecule has 1 aromatic heterocycles. The number of methoxy groups -OCH3 is 4. The van der Waals surface area contributed by atoms with Gasteiger partial charge in [-0.2, -0.15) is 0 Å². The Kier molecular flexibility index (Phi) is 11.9. The molecule has 220 valence electrons. The van der Waals surface area contributed by atoms with E-state index in [1.165, 1.54) is 0 Å². The van der Waals surface area contributed by atoms with Crippen LogP contribution in [0, 0.1) is 0 Å². The van der Waals surface area contributed by atoms with Crippen molar-refractivity contribution in [1.29, 1.82) is 0 Å². The Labute approximate surface area is 255 Å². The number of hydrogen-bond acceptors (Lipinski definition) is 8. The van der Waals surface area contributed by atoms with Crippen molar-refractivity contribution in [3.8, 4) is 23.0 Å². The zero-order chi connectivity index (χ0) is 30.0. The highest BCUT2D eigenvalue weighted by atomic mass is 79.9. The standard InChI is InChI=1S/C31H38BrN3O5S/c1-8-41-30(34-31(3,18-21(2)36)29-15-24(32)13-14-33-29)35(19-22-9-11-25(37-4)16-27(22)39-6)20-23-10-12-26(38-5)17-28(23)40-7/h9-17H,8,18-20H2,1-7H3/t31-/m0/s1. The summed E-state index contributed by atoms with van der Waals surface area (Å²) in [4.78, 5) is 24.6. The highest BCUT2D eigenvalue weighted by molar-refractivity contribution is 9.10. The molecular formula is C31H38BrN3O5S. The Hall–Kier alpha value is -3.24. The molecule has 0 unspecified atom stereocenters. The first kappa shape index (κ1) is 32.3. The van der Waals surface area contributed by atoms with Crippen LogP contribution in [-0.4, -0.2) is 55.0 Å². The maximum Gasteiger partial charge on any atom is 0.160 e. The molecule has 0 amide bonds. The topological polar surface area (TPSA) is 82.5 Å². The third kappa shape index (κ3) is 8.63. The number of aliphatic imine (C=N–C) groups is 1. The fourth-order valence-electron chi connectivity index (χ4n) is 4.47. The summed E-state index contributed by atoms with van der Waals surface area (Å²) < 4.78 is 23.2. The van der Waals surface area contributed by atoms with Crippen LogP contribution in [-0.2, 0) is 23.4 Å². The van der Waals surface area contributed by atoms with E-state index in [1.54, 1.807) is 53.3 Å². The zero-order valence-electron chi connectivity index (χ0n) is 24.7. The summed E-state index contributed by atoms with van der Waals surface area (Å²) in [5.74, 6) is 3.63. The molecule has 10 heteroatoms. The van der Waals surface area contributed by atoms with Gasteiger partial charge in [0.25, 0.3) is 0 Å². The van der Waals surface area contributed by atoms with E-state index in [4.69, 9.17) is 23.9 Å². The van der Waals surface area contributed by atoms with E-state index in [0.29, 0.717) is 41.8 Å². The van der Waals surface area contributed by atoms with Gasteiger partial charge in [0, 0.05) is 53.4 Å². The summed E-state index contributed by atoms with van der Waals surface area (Å²) in [6, 6.07) is 15.3. The molecule has 0 saturated carbocycles. The van der Waals surface area contributed by atoms with E-state index in [-0.39, 0.29) is 12.2 Å². The molecule has 0 aliphatic carbocycles. The van der Waals surface area contributed by atoms with Gasteiger partial charge in [-0.3, -0.25) is 9.78 Å². The van der Waals surface area contributed by atoms with E-state index < -0.39 is 5.54 Å². The van der Waals surface area contributed by atoms with Crippen molar-refractivity contribution in [2.24, 2.45) is 4.99 Å². The predicted molar refractivity (Wildman–Crippen MR) is 168 cm³/mol. The van der Waals surface area contributed by atoms with Crippen LogP contribution < -0.4 is 18.9 Å². The second-order valence-corrected chi connectivity index (χ2v) is 11.7. The van der Waals surface area contributed by atoms with Crippen LogP contribution in [0.15, 0.2) is 64.2 Å². The fourth-order valence-corrected chi connectivity index (χ4v) is 5.64. The van der Waals surface area contributed by atoms with Gasteiger partial charge in [-0.25, -0.2) is 4.99 Å². The first-order chi connectivity index (χ1) is 19.7. The quantitative estimate of drug-likeness (QED) is 0.147. The van der Waals surface area contributed by atoms with Crippen molar-refractivity contribution in [3.63, 3.8) is 0 Å². The van der Waals surface area contributed by atoms with Gasteiger partial charge in [-0.1, -0.05) is 34.6 Å². The monoisotopic (exact) mass is 643 g/mol. The minimum absolute atomic E-state index is 0.0269. The highest BCUT2D eigenvalue weighted by Gasteiger charge is 2.32. The number of nitrogens with zero attached hydrogens (tertiary/aromatic N) is 3. The number of amidine groups is 1. The lowest BCUT2D eigenvalue weighted by atomic mass is 9.92. The lowest BCUT2D eigenvalue weighted by Crippen LogP contribution is -2.33. The largest absolute Gasteiger partial charge is 0.497 e. The molecule has 1 heterocycles. The van der Waals surface area contributed by atoms with E-state index in [9.17, 15) is 4.79 Å². The molecule has 0 radical (unpaired) electrons. The summed E-state index contributed by atoms with van der Waals surface area (Å²) in [7, 11) is 6.55. The van der Waals surface area contributed by atoms with Crippen LogP contribution in [0.25, 0.3) is 0 Å². The maximum absolute atomic E-state index is 12.5. The highest BCUT2D eigenvalue weighted by Crippen LogP contribution is 2.35. The molecule has 0 saturated heterocycles. The SMILES string of the molecule is CCSC(=N[C@@](C)(CC(C)=O)c1cc(Br)ccn1)N(Cc1ccc(OC)cc1OC)Cc1ccc(OC)cc1OC. The number of carbonyl (C=O) groups is 1. The number of Topliss-reactive ketones (excluding diaryl/α,β-unsaturated/α-hetero) is 1. The first-order valence-electron chi connectivity index (χ1n) is 13.2. The number of benzene rings is 2. The Balaban J connectivity index is 2.19. The number of thioether (sulfide) groups is 1. The maximum atomic E-state index is 12.5.